The van der Waals surface area contributed by atoms with Crippen LogP contribution in [0.15, 0.2) is 59.1 Å². The molecule has 7 heteroatoms. The van der Waals surface area contributed by atoms with Gasteiger partial charge in [-0.2, -0.15) is 0 Å². The SMILES string of the molecule is Cc1cc(C)nc(NNC(=O)c2ccc3noc(-c4ccccc4)c3c2)n1. The Bertz CT molecular complexity index is 1100. The van der Waals surface area contributed by atoms with Crippen molar-refractivity contribution in [3.8, 4) is 11.3 Å². The van der Waals surface area contributed by atoms with Crippen molar-refractivity contribution in [3.05, 3.63) is 71.5 Å². The predicted molar refractivity (Wildman–Crippen MR) is 102 cm³/mol. The van der Waals surface area contributed by atoms with Crippen LogP contribution in [0.4, 0.5) is 5.95 Å². The lowest BCUT2D eigenvalue weighted by Gasteiger charge is -2.08. The Morgan fingerprint density at radius 1 is 0.963 bits per heavy atom. The number of hydrogen-bond donors (Lipinski definition) is 2. The van der Waals surface area contributed by atoms with E-state index < -0.39 is 0 Å². The van der Waals surface area contributed by atoms with Crippen molar-refractivity contribution >= 4 is 22.8 Å². The van der Waals surface area contributed by atoms with Gasteiger partial charge in [-0.1, -0.05) is 35.5 Å². The number of amides is 1. The summed E-state index contributed by atoms with van der Waals surface area (Å²) in [5.41, 5.74) is 9.07. The third-order valence-electron chi connectivity index (χ3n) is 4.04. The molecule has 0 aliphatic carbocycles. The molecule has 0 saturated carbocycles. The Morgan fingerprint density at radius 3 is 2.44 bits per heavy atom. The number of hydrogen-bond acceptors (Lipinski definition) is 6. The van der Waals surface area contributed by atoms with Crippen LogP contribution in [0.25, 0.3) is 22.2 Å². The smallest absolute Gasteiger partial charge is 0.269 e. The minimum absolute atomic E-state index is 0.306. The first kappa shape index (κ1) is 16.7. The molecule has 0 aliphatic rings. The van der Waals surface area contributed by atoms with E-state index >= 15 is 0 Å². The predicted octanol–water partition coefficient (Wildman–Crippen LogP) is 3.66. The van der Waals surface area contributed by atoms with E-state index in [1.54, 1.807) is 18.2 Å². The van der Waals surface area contributed by atoms with E-state index in [-0.39, 0.29) is 5.91 Å². The topological polar surface area (TPSA) is 92.9 Å². The molecule has 7 nitrogen and oxygen atoms in total. The lowest BCUT2D eigenvalue weighted by atomic mass is 10.1. The van der Waals surface area contributed by atoms with Gasteiger partial charge in [-0.05, 0) is 38.1 Å². The van der Waals surface area contributed by atoms with Crippen molar-refractivity contribution in [1.29, 1.82) is 0 Å². The molecule has 0 unspecified atom stereocenters. The maximum absolute atomic E-state index is 12.5. The molecule has 0 bridgehead atoms. The molecule has 2 aromatic heterocycles. The van der Waals surface area contributed by atoms with Crippen LogP contribution in [-0.4, -0.2) is 21.0 Å². The Morgan fingerprint density at radius 2 is 1.70 bits per heavy atom. The first-order valence-corrected chi connectivity index (χ1v) is 8.43. The first-order chi connectivity index (χ1) is 13.1. The summed E-state index contributed by atoms with van der Waals surface area (Å²) in [5.74, 6) is 0.669. The van der Waals surface area contributed by atoms with Crippen LogP contribution < -0.4 is 10.9 Å². The van der Waals surface area contributed by atoms with Gasteiger partial charge in [0.15, 0.2) is 5.76 Å². The molecule has 0 atom stereocenters. The summed E-state index contributed by atoms with van der Waals surface area (Å²) in [7, 11) is 0. The van der Waals surface area contributed by atoms with Crippen LogP contribution in [0.2, 0.25) is 0 Å². The summed E-state index contributed by atoms with van der Waals surface area (Å²) < 4.78 is 5.47. The van der Waals surface area contributed by atoms with E-state index in [9.17, 15) is 4.79 Å². The Labute approximate surface area is 155 Å². The third-order valence-corrected chi connectivity index (χ3v) is 4.04. The number of hydrazine groups is 1. The number of carbonyl (C=O) groups is 1. The molecule has 0 saturated heterocycles. The molecule has 27 heavy (non-hydrogen) atoms. The summed E-state index contributed by atoms with van der Waals surface area (Å²) in [5, 5.41) is 4.84. The summed E-state index contributed by atoms with van der Waals surface area (Å²) in [6.45, 7) is 3.74. The summed E-state index contributed by atoms with van der Waals surface area (Å²) in [4.78, 5) is 21.0. The van der Waals surface area contributed by atoms with Gasteiger partial charge < -0.3 is 4.52 Å². The van der Waals surface area contributed by atoms with Crippen LogP contribution in [0.1, 0.15) is 21.7 Å². The number of nitrogens with zero attached hydrogens (tertiary/aromatic N) is 3. The summed E-state index contributed by atoms with van der Waals surface area (Å²) >= 11 is 0. The van der Waals surface area contributed by atoms with E-state index in [2.05, 4.69) is 26.0 Å². The minimum Gasteiger partial charge on any atom is -0.355 e. The molecule has 0 fully saturated rings. The number of rotatable bonds is 4. The number of aryl methyl sites for hydroxylation is 2. The largest absolute Gasteiger partial charge is 0.355 e. The maximum atomic E-state index is 12.5. The van der Waals surface area contributed by atoms with Crippen molar-refractivity contribution in [2.45, 2.75) is 13.8 Å². The quantitative estimate of drug-likeness (QED) is 0.540. The Balaban J connectivity index is 1.59. The van der Waals surface area contributed by atoms with Gasteiger partial charge in [0.2, 0.25) is 5.95 Å². The summed E-state index contributed by atoms with van der Waals surface area (Å²) in [6, 6.07) is 16.7. The molecular weight excluding hydrogens is 342 g/mol. The van der Waals surface area contributed by atoms with Gasteiger partial charge in [0.1, 0.15) is 5.52 Å². The van der Waals surface area contributed by atoms with E-state index in [1.165, 1.54) is 0 Å². The second kappa shape index (κ2) is 6.87. The molecule has 0 spiro atoms. The second-order valence-electron chi connectivity index (χ2n) is 6.16. The molecule has 2 N–H and O–H groups in total. The molecule has 4 rings (SSSR count). The zero-order chi connectivity index (χ0) is 18.8. The second-order valence-corrected chi connectivity index (χ2v) is 6.16. The molecule has 1 amide bonds. The van der Waals surface area contributed by atoms with Gasteiger partial charge in [0.05, 0.1) is 5.39 Å². The Kier molecular flexibility index (Phi) is 4.25. The highest BCUT2D eigenvalue weighted by Crippen LogP contribution is 2.29. The highest BCUT2D eigenvalue weighted by atomic mass is 16.5. The number of aromatic nitrogens is 3. The van der Waals surface area contributed by atoms with Crippen molar-refractivity contribution < 1.29 is 9.32 Å². The molecule has 0 radical (unpaired) electrons. The molecule has 134 valence electrons. The highest BCUT2D eigenvalue weighted by Gasteiger charge is 2.14. The fraction of sp³-hybridized carbons (Fsp3) is 0.100. The average molecular weight is 359 g/mol. The molecule has 4 aromatic rings. The lowest BCUT2D eigenvalue weighted by molar-refractivity contribution is 0.0962. The standard InChI is InChI=1S/C20H17N5O2/c1-12-10-13(2)22-20(21-12)24-23-19(26)15-8-9-17-16(11-15)18(27-25-17)14-6-4-3-5-7-14/h3-11H,1-2H3,(H,23,26)(H,21,22,24). The van der Waals surface area contributed by atoms with Crippen LogP contribution in [-0.2, 0) is 0 Å². The maximum Gasteiger partial charge on any atom is 0.269 e. The summed E-state index contributed by atoms with van der Waals surface area (Å²) in [6.07, 6.45) is 0. The molecule has 2 heterocycles. The van der Waals surface area contributed by atoms with Crippen molar-refractivity contribution in [2.75, 3.05) is 5.43 Å². The third kappa shape index (κ3) is 3.48. The fourth-order valence-corrected chi connectivity index (χ4v) is 2.85. The minimum atomic E-state index is -0.306. The van der Waals surface area contributed by atoms with Gasteiger partial charge >= 0.3 is 0 Å². The number of carbonyl (C=O) groups excluding carboxylic acids is 1. The molecule has 0 aliphatic heterocycles. The number of nitrogens with one attached hydrogen (secondary N) is 2. The lowest BCUT2D eigenvalue weighted by Crippen LogP contribution is -2.30. The zero-order valence-corrected chi connectivity index (χ0v) is 14.9. The van der Waals surface area contributed by atoms with Gasteiger partial charge in [-0.25, -0.2) is 9.97 Å². The number of benzene rings is 2. The van der Waals surface area contributed by atoms with Gasteiger partial charge in [0.25, 0.3) is 5.91 Å². The van der Waals surface area contributed by atoms with Gasteiger partial charge in [-0.3, -0.25) is 15.6 Å². The van der Waals surface area contributed by atoms with Gasteiger partial charge in [-0.15, -0.1) is 0 Å². The van der Waals surface area contributed by atoms with E-state index in [0.29, 0.717) is 22.8 Å². The first-order valence-electron chi connectivity index (χ1n) is 8.43. The van der Waals surface area contributed by atoms with E-state index in [4.69, 9.17) is 4.52 Å². The van der Waals surface area contributed by atoms with Gasteiger partial charge in [0, 0.05) is 22.5 Å². The average Bonchev–Trinajstić information content (AvgIpc) is 3.09. The van der Waals surface area contributed by atoms with Crippen LogP contribution in [0.5, 0.6) is 0 Å². The van der Waals surface area contributed by atoms with E-state index in [1.807, 2.05) is 50.2 Å². The van der Waals surface area contributed by atoms with Crippen molar-refractivity contribution in [1.82, 2.24) is 20.6 Å². The fourth-order valence-electron chi connectivity index (χ4n) is 2.85. The number of anilines is 1. The highest BCUT2D eigenvalue weighted by molar-refractivity contribution is 6.01. The normalized spacial score (nSPS) is 10.7. The monoisotopic (exact) mass is 359 g/mol. The molecule has 2 aromatic carbocycles. The van der Waals surface area contributed by atoms with Crippen LogP contribution in [0, 0.1) is 13.8 Å². The van der Waals surface area contributed by atoms with Crippen molar-refractivity contribution in [2.24, 2.45) is 0 Å². The van der Waals surface area contributed by atoms with E-state index in [0.717, 1.165) is 22.3 Å². The van der Waals surface area contributed by atoms with Crippen molar-refractivity contribution in [3.63, 3.8) is 0 Å². The molecular formula is C20H17N5O2. The van der Waals surface area contributed by atoms with Crippen LogP contribution >= 0.6 is 0 Å². The number of fused-ring (bicyclic) bond motifs is 1. The Hall–Kier alpha value is -3.74. The van der Waals surface area contributed by atoms with Crippen LogP contribution in [0.3, 0.4) is 0 Å². The zero-order valence-electron chi connectivity index (χ0n) is 14.9.